The van der Waals surface area contributed by atoms with Crippen molar-refractivity contribution in [2.45, 2.75) is 6.92 Å². The molecule has 22 heavy (non-hydrogen) atoms. The third kappa shape index (κ3) is 4.59. The van der Waals surface area contributed by atoms with Crippen molar-refractivity contribution in [2.75, 3.05) is 7.11 Å². The molecule has 0 bridgehead atoms. The van der Waals surface area contributed by atoms with Gasteiger partial charge in [-0.1, -0.05) is 36.4 Å². The molecule has 0 fully saturated rings. The number of amides is 1. The molecule has 112 valence electrons. The van der Waals surface area contributed by atoms with Gasteiger partial charge in [0, 0.05) is 5.56 Å². The number of hydrogen-bond donors (Lipinski definition) is 1. The first-order valence-corrected chi connectivity index (χ1v) is 6.90. The Kier molecular flexibility index (Phi) is 5.49. The van der Waals surface area contributed by atoms with Gasteiger partial charge in [0.15, 0.2) is 0 Å². The van der Waals surface area contributed by atoms with Gasteiger partial charge in [0.2, 0.25) is 0 Å². The molecule has 1 amide bonds. The highest BCUT2D eigenvalue weighted by Crippen LogP contribution is 2.11. The Labute approximate surface area is 130 Å². The summed E-state index contributed by atoms with van der Waals surface area (Å²) >= 11 is 0. The molecule has 2 aromatic carbocycles. The van der Waals surface area contributed by atoms with Crippen LogP contribution in [-0.2, 0) is 0 Å². The molecule has 4 heteroatoms. The summed E-state index contributed by atoms with van der Waals surface area (Å²) in [4.78, 5) is 11.9. The molecule has 2 rings (SSSR count). The van der Waals surface area contributed by atoms with E-state index in [9.17, 15) is 4.79 Å². The molecule has 4 nitrogen and oxygen atoms in total. The van der Waals surface area contributed by atoms with Crippen molar-refractivity contribution in [3.63, 3.8) is 0 Å². The topological polar surface area (TPSA) is 50.7 Å². The minimum atomic E-state index is -0.258. The van der Waals surface area contributed by atoms with E-state index < -0.39 is 0 Å². The van der Waals surface area contributed by atoms with Gasteiger partial charge < -0.3 is 4.74 Å². The smallest absolute Gasteiger partial charge is 0.271 e. The number of ether oxygens (including phenoxy) is 1. The second kappa shape index (κ2) is 7.78. The van der Waals surface area contributed by atoms with Crippen molar-refractivity contribution < 1.29 is 9.53 Å². The van der Waals surface area contributed by atoms with Gasteiger partial charge in [-0.3, -0.25) is 4.79 Å². The number of hydrogen-bond acceptors (Lipinski definition) is 3. The van der Waals surface area contributed by atoms with Gasteiger partial charge in [0.05, 0.1) is 13.3 Å². The molecule has 0 unspecified atom stereocenters. The van der Waals surface area contributed by atoms with E-state index in [1.54, 1.807) is 37.6 Å². The van der Waals surface area contributed by atoms with E-state index in [-0.39, 0.29) is 5.91 Å². The number of rotatable bonds is 5. The lowest BCUT2D eigenvalue weighted by Crippen LogP contribution is -2.17. The predicted molar refractivity (Wildman–Crippen MR) is 89.0 cm³/mol. The van der Waals surface area contributed by atoms with Gasteiger partial charge >= 0.3 is 0 Å². The van der Waals surface area contributed by atoms with Crippen LogP contribution < -0.4 is 10.2 Å². The average Bonchev–Trinajstić information content (AvgIpc) is 2.55. The summed E-state index contributed by atoms with van der Waals surface area (Å²) in [6, 6.07) is 16.8. The lowest BCUT2D eigenvalue weighted by atomic mass is 10.1. The Hall–Kier alpha value is -2.88. The summed E-state index contributed by atoms with van der Waals surface area (Å²) in [5.74, 6) is 0.452. The van der Waals surface area contributed by atoms with E-state index in [1.807, 2.05) is 43.3 Å². The number of benzene rings is 2. The summed E-state index contributed by atoms with van der Waals surface area (Å²) < 4.78 is 5.05. The summed E-state index contributed by atoms with van der Waals surface area (Å²) in [7, 11) is 1.58. The molecule has 1 N–H and O–H groups in total. The summed E-state index contributed by atoms with van der Waals surface area (Å²) in [6.45, 7) is 1.93. The van der Waals surface area contributed by atoms with Gasteiger partial charge in [0.25, 0.3) is 5.91 Å². The van der Waals surface area contributed by atoms with Gasteiger partial charge in [-0.05, 0) is 42.3 Å². The normalized spacial score (nSPS) is 11.5. The van der Waals surface area contributed by atoms with Crippen LogP contribution in [0.15, 0.2) is 65.3 Å². The first kappa shape index (κ1) is 15.5. The summed E-state index contributed by atoms with van der Waals surface area (Å²) in [5.41, 5.74) is 5.07. The Bertz CT molecular complexity index is 674. The van der Waals surface area contributed by atoms with Crippen LogP contribution in [0.5, 0.6) is 5.75 Å². The maximum atomic E-state index is 11.9. The molecule has 0 radical (unpaired) electrons. The third-order valence-electron chi connectivity index (χ3n) is 2.98. The molecule has 0 saturated heterocycles. The zero-order valence-corrected chi connectivity index (χ0v) is 12.6. The Balaban J connectivity index is 1.93. The number of methoxy groups -OCH3 is 1. The molecule has 0 aliphatic rings. The highest BCUT2D eigenvalue weighted by molar-refractivity contribution is 5.95. The lowest BCUT2D eigenvalue weighted by Gasteiger charge is -2.02. The van der Waals surface area contributed by atoms with Crippen LogP contribution in [0.3, 0.4) is 0 Å². The van der Waals surface area contributed by atoms with Gasteiger partial charge in [-0.25, -0.2) is 5.43 Å². The molecule has 2 aromatic rings. The minimum Gasteiger partial charge on any atom is -0.497 e. The van der Waals surface area contributed by atoms with Gasteiger partial charge in [0.1, 0.15) is 5.75 Å². The van der Waals surface area contributed by atoms with E-state index in [4.69, 9.17) is 4.74 Å². The quantitative estimate of drug-likeness (QED) is 0.677. The maximum absolute atomic E-state index is 11.9. The predicted octanol–water partition coefficient (Wildman–Crippen LogP) is 3.51. The van der Waals surface area contributed by atoms with Crippen LogP contribution in [0.25, 0.3) is 6.08 Å². The number of hydrazone groups is 1. The maximum Gasteiger partial charge on any atom is 0.271 e. The summed E-state index contributed by atoms with van der Waals surface area (Å²) in [5, 5.41) is 3.96. The first-order valence-electron chi connectivity index (χ1n) is 6.90. The van der Waals surface area contributed by atoms with E-state index in [0.29, 0.717) is 11.3 Å². The van der Waals surface area contributed by atoms with Crippen molar-refractivity contribution in [1.29, 1.82) is 0 Å². The fraction of sp³-hybridized carbons (Fsp3) is 0.111. The molecule has 0 aromatic heterocycles. The largest absolute Gasteiger partial charge is 0.497 e. The van der Waals surface area contributed by atoms with Crippen LogP contribution >= 0.6 is 0 Å². The van der Waals surface area contributed by atoms with Crippen LogP contribution in [0, 0.1) is 0 Å². The number of nitrogens with zero attached hydrogens (tertiary/aromatic N) is 1. The Morgan fingerprint density at radius 3 is 2.41 bits per heavy atom. The Morgan fingerprint density at radius 1 is 1.09 bits per heavy atom. The number of nitrogens with one attached hydrogen (secondary N) is 1. The third-order valence-corrected chi connectivity index (χ3v) is 2.98. The minimum absolute atomic E-state index is 0.258. The molecular formula is C18H18N2O2. The fourth-order valence-corrected chi connectivity index (χ4v) is 1.85. The van der Waals surface area contributed by atoms with Gasteiger partial charge in [-0.2, -0.15) is 5.10 Å². The molecule has 0 atom stereocenters. The van der Waals surface area contributed by atoms with E-state index in [2.05, 4.69) is 10.5 Å². The van der Waals surface area contributed by atoms with Crippen LogP contribution in [0.4, 0.5) is 0 Å². The van der Waals surface area contributed by atoms with Crippen molar-refractivity contribution >= 4 is 18.2 Å². The number of carbonyl (C=O) groups excluding carboxylic acids is 1. The highest BCUT2D eigenvalue weighted by atomic mass is 16.5. The second-order valence-corrected chi connectivity index (χ2v) is 4.73. The molecule has 0 heterocycles. The van der Waals surface area contributed by atoms with Crippen molar-refractivity contribution in [1.82, 2.24) is 5.43 Å². The second-order valence-electron chi connectivity index (χ2n) is 4.73. The van der Waals surface area contributed by atoms with Gasteiger partial charge in [-0.15, -0.1) is 0 Å². The van der Waals surface area contributed by atoms with Crippen molar-refractivity contribution in [3.8, 4) is 5.75 Å². The lowest BCUT2D eigenvalue weighted by molar-refractivity contribution is 0.0955. The highest BCUT2D eigenvalue weighted by Gasteiger charge is 2.03. The van der Waals surface area contributed by atoms with Crippen molar-refractivity contribution in [2.24, 2.45) is 5.10 Å². The molecule has 0 saturated carbocycles. The zero-order valence-electron chi connectivity index (χ0n) is 12.6. The molecule has 0 aliphatic heterocycles. The fourth-order valence-electron chi connectivity index (χ4n) is 1.85. The first-order chi connectivity index (χ1) is 10.7. The monoisotopic (exact) mass is 294 g/mol. The molecular weight excluding hydrogens is 276 g/mol. The molecule has 0 aliphatic carbocycles. The average molecular weight is 294 g/mol. The van der Waals surface area contributed by atoms with E-state index in [0.717, 1.165) is 11.1 Å². The van der Waals surface area contributed by atoms with Crippen LogP contribution in [-0.4, -0.2) is 19.2 Å². The summed E-state index contributed by atoms with van der Waals surface area (Å²) in [6.07, 6.45) is 3.61. The number of carbonyl (C=O) groups is 1. The van der Waals surface area contributed by atoms with Crippen molar-refractivity contribution in [3.05, 3.63) is 71.3 Å². The zero-order chi connectivity index (χ0) is 15.8. The number of allylic oxidation sites excluding steroid dienone is 1. The van der Waals surface area contributed by atoms with E-state index in [1.165, 1.54) is 0 Å². The van der Waals surface area contributed by atoms with E-state index >= 15 is 0 Å². The van der Waals surface area contributed by atoms with Crippen LogP contribution in [0.2, 0.25) is 0 Å². The SMILES string of the molecule is COc1ccc(C(=O)NN=CC(C)=Cc2ccccc2)cc1. The standard InChI is InChI=1S/C18H18N2O2/c1-14(12-15-6-4-3-5-7-15)13-19-20-18(21)16-8-10-17(22-2)11-9-16/h3-13H,1-2H3,(H,20,21). The molecule has 0 spiro atoms. The van der Waals surface area contributed by atoms with Crippen LogP contribution in [0.1, 0.15) is 22.8 Å². The Morgan fingerprint density at radius 2 is 1.77 bits per heavy atom.